The molecule has 1 amide bonds. The summed E-state index contributed by atoms with van der Waals surface area (Å²) in [5.74, 6) is 1.24. The monoisotopic (exact) mass is 310 g/mol. The van der Waals surface area contributed by atoms with E-state index in [4.69, 9.17) is 9.47 Å². The van der Waals surface area contributed by atoms with Gasteiger partial charge in [-0.3, -0.25) is 4.79 Å². The smallest absolute Gasteiger partial charge is 0.250 e. The van der Waals surface area contributed by atoms with Gasteiger partial charge in [0.25, 0.3) is 5.91 Å². The van der Waals surface area contributed by atoms with E-state index in [1.54, 1.807) is 14.2 Å². The molecule has 2 aromatic rings. The van der Waals surface area contributed by atoms with Crippen molar-refractivity contribution in [1.29, 1.82) is 0 Å². The molecule has 0 saturated carbocycles. The largest absolute Gasteiger partial charge is 0.493 e. The van der Waals surface area contributed by atoms with Gasteiger partial charge in [0.2, 0.25) is 0 Å². The average molecular weight is 310 g/mol. The zero-order valence-corrected chi connectivity index (χ0v) is 13.0. The molecule has 2 N–H and O–H groups in total. The van der Waals surface area contributed by atoms with E-state index in [-0.39, 0.29) is 5.91 Å². The number of hydrogen-bond donors (Lipinski definition) is 2. The molecule has 23 heavy (non-hydrogen) atoms. The van der Waals surface area contributed by atoms with E-state index in [2.05, 4.69) is 10.6 Å². The highest BCUT2D eigenvalue weighted by atomic mass is 16.5. The standard InChI is InChI=1S/C18H18N2O3/c1-22-16-10-8-12(11-17(16)23-2)7-9-15-18(21)20-14-6-4-3-5-13(14)19-15/h3-11,15,19H,1-2H3,(H,20,21)/b9-7+. The van der Waals surface area contributed by atoms with Crippen LogP contribution in [0.15, 0.2) is 48.5 Å². The molecule has 2 aromatic carbocycles. The number of ether oxygens (including phenoxy) is 2. The summed E-state index contributed by atoms with van der Waals surface area (Å²) in [7, 11) is 3.19. The number of amides is 1. The van der Waals surface area contributed by atoms with Gasteiger partial charge in [-0.25, -0.2) is 0 Å². The highest BCUT2D eigenvalue weighted by Gasteiger charge is 2.22. The van der Waals surface area contributed by atoms with E-state index in [1.165, 1.54) is 0 Å². The van der Waals surface area contributed by atoms with E-state index < -0.39 is 6.04 Å². The molecule has 3 rings (SSSR count). The molecule has 0 bridgehead atoms. The molecule has 1 atom stereocenters. The molecular formula is C18H18N2O3. The van der Waals surface area contributed by atoms with Gasteiger partial charge >= 0.3 is 0 Å². The lowest BCUT2D eigenvalue weighted by Gasteiger charge is -2.24. The second-order valence-electron chi connectivity index (χ2n) is 5.13. The maximum absolute atomic E-state index is 12.1. The van der Waals surface area contributed by atoms with Crippen molar-refractivity contribution in [3.8, 4) is 11.5 Å². The summed E-state index contributed by atoms with van der Waals surface area (Å²) in [6.07, 6.45) is 3.71. The van der Waals surface area contributed by atoms with E-state index in [0.29, 0.717) is 11.5 Å². The molecule has 0 radical (unpaired) electrons. The van der Waals surface area contributed by atoms with Crippen molar-refractivity contribution in [3.05, 3.63) is 54.1 Å². The van der Waals surface area contributed by atoms with Gasteiger partial charge in [0.1, 0.15) is 6.04 Å². The van der Waals surface area contributed by atoms with Crippen molar-refractivity contribution >= 4 is 23.4 Å². The van der Waals surface area contributed by atoms with Crippen molar-refractivity contribution in [2.24, 2.45) is 0 Å². The first-order valence-electron chi connectivity index (χ1n) is 7.28. The van der Waals surface area contributed by atoms with E-state index >= 15 is 0 Å². The highest BCUT2D eigenvalue weighted by molar-refractivity contribution is 6.04. The maximum Gasteiger partial charge on any atom is 0.250 e. The molecule has 5 heteroatoms. The predicted molar refractivity (Wildman–Crippen MR) is 91.1 cm³/mol. The molecule has 1 heterocycles. The van der Waals surface area contributed by atoms with Gasteiger partial charge in [-0.15, -0.1) is 0 Å². The van der Waals surface area contributed by atoms with Crippen LogP contribution in [0.5, 0.6) is 11.5 Å². The Bertz CT molecular complexity index is 756. The Kier molecular flexibility index (Phi) is 4.19. The Morgan fingerprint density at radius 3 is 2.48 bits per heavy atom. The number of carbonyl (C=O) groups excluding carboxylic acids is 1. The fraction of sp³-hybridized carbons (Fsp3) is 0.167. The van der Waals surface area contributed by atoms with Crippen molar-refractivity contribution in [1.82, 2.24) is 0 Å². The van der Waals surface area contributed by atoms with Crippen LogP contribution < -0.4 is 20.1 Å². The number of methoxy groups -OCH3 is 2. The lowest BCUT2D eigenvalue weighted by atomic mass is 10.1. The number of hydrogen-bond acceptors (Lipinski definition) is 4. The van der Waals surface area contributed by atoms with E-state index in [9.17, 15) is 4.79 Å². The minimum atomic E-state index is -0.419. The summed E-state index contributed by atoms with van der Waals surface area (Å²) in [6.45, 7) is 0. The second kappa shape index (κ2) is 6.44. The summed E-state index contributed by atoms with van der Waals surface area (Å²) < 4.78 is 10.5. The number of rotatable bonds is 4. The molecular weight excluding hydrogens is 292 g/mol. The number of para-hydroxylation sites is 2. The summed E-state index contributed by atoms with van der Waals surface area (Å²) in [6, 6.07) is 12.8. The second-order valence-corrected chi connectivity index (χ2v) is 5.13. The molecule has 1 aliphatic heterocycles. The third kappa shape index (κ3) is 3.13. The van der Waals surface area contributed by atoms with Crippen LogP contribution in [0.4, 0.5) is 11.4 Å². The summed E-state index contributed by atoms with van der Waals surface area (Å²) in [4.78, 5) is 12.1. The van der Waals surface area contributed by atoms with Gasteiger partial charge in [0, 0.05) is 0 Å². The number of benzene rings is 2. The van der Waals surface area contributed by atoms with Gasteiger partial charge in [-0.2, -0.15) is 0 Å². The van der Waals surface area contributed by atoms with Crippen LogP contribution in [0.3, 0.4) is 0 Å². The maximum atomic E-state index is 12.1. The Hall–Kier alpha value is -2.95. The Balaban J connectivity index is 1.79. The SMILES string of the molecule is COc1ccc(/C=C/C2Nc3ccccc3NC2=O)cc1OC. The Labute approximate surface area is 134 Å². The quantitative estimate of drug-likeness (QED) is 0.911. The van der Waals surface area contributed by atoms with Gasteiger partial charge in [-0.1, -0.05) is 30.4 Å². The van der Waals surface area contributed by atoms with Crippen molar-refractivity contribution in [3.63, 3.8) is 0 Å². The molecule has 0 aromatic heterocycles. The van der Waals surface area contributed by atoms with Crippen molar-refractivity contribution in [2.45, 2.75) is 6.04 Å². The zero-order valence-electron chi connectivity index (χ0n) is 13.0. The lowest BCUT2D eigenvalue weighted by molar-refractivity contribution is -0.116. The predicted octanol–water partition coefficient (Wildman–Crippen LogP) is 3.15. The van der Waals surface area contributed by atoms with E-state index in [0.717, 1.165) is 16.9 Å². The molecule has 0 spiro atoms. The van der Waals surface area contributed by atoms with Crippen LogP contribution in [-0.2, 0) is 4.79 Å². The van der Waals surface area contributed by atoms with Crippen LogP contribution in [-0.4, -0.2) is 26.2 Å². The third-order valence-corrected chi connectivity index (χ3v) is 3.67. The lowest BCUT2D eigenvalue weighted by Crippen LogP contribution is -2.37. The van der Waals surface area contributed by atoms with Gasteiger partial charge < -0.3 is 20.1 Å². The van der Waals surface area contributed by atoms with Crippen LogP contribution >= 0.6 is 0 Å². The summed E-state index contributed by atoms with van der Waals surface area (Å²) >= 11 is 0. The third-order valence-electron chi connectivity index (χ3n) is 3.67. The molecule has 5 nitrogen and oxygen atoms in total. The first-order chi connectivity index (χ1) is 11.2. The van der Waals surface area contributed by atoms with Gasteiger partial charge in [0.05, 0.1) is 25.6 Å². The van der Waals surface area contributed by atoms with Crippen LogP contribution in [0.25, 0.3) is 6.08 Å². The summed E-state index contributed by atoms with van der Waals surface area (Å²) in [5.41, 5.74) is 2.64. The minimum absolute atomic E-state index is 0.0829. The highest BCUT2D eigenvalue weighted by Crippen LogP contribution is 2.29. The molecule has 1 aliphatic rings. The number of nitrogens with one attached hydrogen (secondary N) is 2. The van der Waals surface area contributed by atoms with Crippen LogP contribution in [0.2, 0.25) is 0 Å². The Morgan fingerprint density at radius 2 is 1.74 bits per heavy atom. The Morgan fingerprint density at radius 1 is 1.00 bits per heavy atom. The van der Waals surface area contributed by atoms with Crippen LogP contribution in [0, 0.1) is 0 Å². The van der Waals surface area contributed by atoms with Gasteiger partial charge in [0.15, 0.2) is 11.5 Å². The van der Waals surface area contributed by atoms with Gasteiger partial charge in [-0.05, 0) is 29.8 Å². The fourth-order valence-corrected chi connectivity index (χ4v) is 2.46. The van der Waals surface area contributed by atoms with Crippen LogP contribution in [0.1, 0.15) is 5.56 Å². The van der Waals surface area contributed by atoms with Crippen molar-refractivity contribution < 1.29 is 14.3 Å². The molecule has 118 valence electrons. The number of fused-ring (bicyclic) bond motifs is 1. The topological polar surface area (TPSA) is 59.6 Å². The molecule has 0 fully saturated rings. The number of anilines is 2. The molecule has 0 saturated heterocycles. The number of carbonyl (C=O) groups is 1. The van der Waals surface area contributed by atoms with Crippen molar-refractivity contribution in [2.75, 3.05) is 24.9 Å². The molecule has 1 unspecified atom stereocenters. The summed E-state index contributed by atoms with van der Waals surface area (Å²) in [5, 5.41) is 6.10. The average Bonchev–Trinajstić information content (AvgIpc) is 2.59. The molecule has 0 aliphatic carbocycles. The first kappa shape index (κ1) is 15.0. The zero-order chi connectivity index (χ0) is 16.2. The normalized spacial score (nSPS) is 16.4. The fourth-order valence-electron chi connectivity index (χ4n) is 2.46. The first-order valence-corrected chi connectivity index (χ1v) is 7.28. The minimum Gasteiger partial charge on any atom is -0.493 e. The van der Waals surface area contributed by atoms with E-state index in [1.807, 2.05) is 54.6 Å².